The molecule has 1 aliphatic heterocycles. The minimum atomic E-state index is 0. The van der Waals surface area contributed by atoms with E-state index in [0.717, 1.165) is 61.9 Å². The highest BCUT2D eigenvalue weighted by Gasteiger charge is 2.10. The third-order valence-corrected chi connectivity index (χ3v) is 5.10. The predicted molar refractivity (Wildman–Crippen MR) is 135 cm³/mol. The molecule has 0 saturated carbocycles. The molecule has 0 bridgehead atoms. The molecule has 0 aromatic heterocycles. The Morgan fingerprint density at radius 3 is 2.52 bits per heavy atom. The Morgan fingerprint density at radius 1 is 1.03 bits per heavy atom. The van der Waals surface area contributed by atoms with Crippen molar-refractivity contribution in [3.8, 4) is 11.5 Å². The van der Waals surface area contributed by atoms with Crippen LogP contribution in [0.1, 0.15) is 16.7 Å². The van der Waals surface area contributed by atoms with E-state index in [9.17, 15) is 0 Å². The number of benzene rings is 2. The van der Waals surface area contributed by atoms with Crippen LogP contribution in [-0.2, 0) is 24.2 Å². The molecule has 0 aliphatic carbocycles. The van der Waals surface area contributed by atoms with Crippen molar-refractivity contribution in [1.29, 1.82) is 0 Å². The summed E-state index contributed by atoms with van der Waals surface area (Å²) < 4.78 is 16.0. The Labute approximate surface area is 202 Å². The van der Waals surface area contributed by atoms with E-state index in [2.05, 4.69) is 39.5 Å². The summed E-state index contributed by atoms with van der Waals surface area (Å²) in [5.74, 6) is 1.91. The van der Waals surface area contributed by atoms with Gasteiger partial charge >= 0.3 is 0 Å². The third kappa shape index (κ3) is 8.19. The summed E-state index contributed by atoms with van der Waals surface area (Å²) in [7, 11) is 3.27. The van der Waals surface area contributed by atoms with Crippen molar-refractivity contribution >= 4 is 29.9 Å². The van der Waals surface area contributed by atoms with Gasteiger partial charge in [0.1, 0.15) is 0 Å². The van der Waals surface area contributed by atoms with Crippen molar-refractivity contribution in [2.45, 2.75) is 19.5 Å². The van der Waals surface area contributed by atoms with Crippen LogP contribution >= 0.6 is 24.0 Å². The normalized spacial score (nSPS) is 14.6. The van der Waals surface area contributed by atoms with Crippen molar-refractivity contribution in [2.75, 3.05) is 47.1 Å². The van der Waals surface area contributed by atoms with E-state index >= 15 is 0 Å². The molecule has 170 valence electrons. The number of aliphatic imine (C=N–C) groups is 1. The van der Waals surface area contributed by atoms with Crippen LogP contribution in [-0.4, -0.2) is 57.9 Å². The van der Waals surface area contributed by atoms with E-state index < -0.39 is 0 Å². The van der Waals surface area contributed by atoms with Gasteiger partial charge in [0.15, 0.2) is 17.5 Å². The molecular weight excluding hydrogens is 507 g/mol. The Bertz CT molecular complexity index is 841. The average molecular weight is 540 g/mol. The van der Waals surface area contributed by atoms with Crippen LogP contribution in [0.2, 0.25) is 0 Å². The van der Waals surface area contributed by atoms with Crippen molar-refractivity contribution in [1.82, 2.24) is 10.2 Å². The number of ether oxygens (including phenoxy) is 3. The fourth-order valence-corrected chi connectivity index (χ4v) is 3.45. The average Bonchev–Trinajstić information content (AvgIpc) is 2.78. The van der Waals surface area contributed by atoms with Crippen molar-refractivity contribution in [3.63, 3.8) is 0 Å². The summed E-state index contributed by atoms with van der Waals surface area (Å²) >= 11 is 0. The van der Waals surface area contributed by atoms with Gasteiger partial charge in [-0.3, -0.25) is 4.90 Å². The maximum atomic E-state index is 6.05. The Morgan fingerprint density at radius 2 is 1.77 bits per heavy atom. The maximum absolute atomic E-state index is 6.05. The van der Waals surface area contributed by atoms with Gasteiger partial charge in [0.2, 0.25) is 0 Å². The molecule has 0 amide bonds. The van der Waals surface area contributed by atoms with E-state index in [1.807, 2.05) is 18.2 Å². The first kappa shape index (κ1) is 25.2. The van der Waals surface area contributed by atoms with Crippen molar-refractivity contribution in [2.24, 2.45) is 10.7 Å². The second-order valence-electron chi connectivity index (χ2n) is 7.28. The molecule has 1 fully saturated rings. The first-order valence-corrected chi connectivity index (χ1v) is 10.3. The summed E-state index contributed by atoms with van der Waals surface area (Å²) in [5.41, 5.74) is 9.64. The number of methoxy groups -OCH3 is 2. The SMILES string of the molecule is COc1ccc(CCNC(N)=NCc2cccc(CN3CCOCC3)c2)cc1OC.I. The van der Waals surface area contributed by atoms with Gasteiger partial charge in [0.05, 0.1) is 34.0 Å². The van der Waals surface area contributed by atoms with Crippen molar-refractivity contribution in [3.05, 3.63) is 59.2 Å². The topological polar surface area (TPSA) is 81.3 Å². The first-order valence-electron chi connectivity index (χ1n) is 10.3. The predicted octanol–water partition coefficient (Wildman–Crippen LogP) is 2.80. The number of guanidine groups is 1. The summed E-state index contributed by atoms with van der Waals surface area (Å²) in [5, 5.41) is 3.18. The summed E-state index contributed by atoms with van der Waals surface area (Å²) in [6.07, 6.45) is 0.811. The van der Waals surface area contributed by atoms with E-state index in [-0.39, 0.29) is 24.0 Å². The third-order valence-electron chi connectivity index (χ3n) is 5.10. The van der Waals surface area contributed by atoms with E-state index in [0.29, 0.717) is 19.0 Å². The molecule has 1 heterocycles. The fraction of sp³-hybridized carbons (Fsp3) is 0.435. The number of morpholine rings is 1. The van der Waals surface area contributed by atoms with Gasteiger partial charge in [-0.05, 0) is 35.2 Å². The van der Waals surface area contributed by atoms with E-state index in [1.165, 1.54) is 5.56 Å². The lowest BCUT2D eigenvalue weighted by Gasteiger charge is -2.26. The van der Waals surface area contributed by atoms with E-state index in [1.54, 1.807) is 14.2 Å². The number of rotatable bonds is 9. The van der Waals surface area contributed by atoms with Gasteiger partial charge in [0.25, 0.3) is 0 Å². The van der Waals surface area contributed by atoms with Gasteiger partial charge < -0.3 is 25.3 Å². The second kappa shape index (κ2) is 13.4. The monoisotopic (exact) mass is 540 g/mol. The molecule has 31 heavy (non-hydrogen) atoms. The largest absolute Gasteiger partial charge is 0.493 e. The van der Waals surface area contributed by atoms with Crippen LogP contribution < -0.4 is 20.5 Å². The minimum absolute atomic E-state index is 0. The van der Waals surface area contributed by atoms with Crippen molar-refractivity contribution < 1.29 is 14.2 Å². The zero-order valence-electron chi connectivity index (χ0n) is 18.3. The molecule has 0 unspecified atom stereocenters. The van der Waals surface area contributed by atoms with E-state index in [4.69, 9.17) is 19.9 Å². The maximum Gasteiger partial charge on any atom is 0.188 e. The number of halogens is 1. The minimum Gasteiger partial charge on any atom is -0.493 e. The molecule has 1 saturated heterocycles. The molecule has 3 rings (SSSR count). The van der Waals surface area contributed by atoms with Crippen LogP contribution in [0.3, 0.4) is 0 Å². The van der Waals surface area contributed by atoms with Gasteiger partial charge in [-0.15, -0.1) is 24.0 Å². The summed E-state index contributed by atoms with van der Waals surface area (Å²) in [6.45, 7) is 5.80. The number of nitrogens with two attached hydrogens (primary N) is 1. The molecule has 0 radical (unpaired) electrons. The second-order valence-corrected chi connectivity index (χ2v) is 7.28. The lowest BCUT2D eigenvalue weighted by Crippen LogP contribution is -2.35. The Kier molecular flexibility index (Phi) is 10.9. The lowest BCUT2D eigenvalue weighted by atomic mass is 10.1. The van der Waals surface area contributed by atoms with Crippen LogP contribution in [0.4, 0.5) is 0 Å². The number of nitrogens with one attached hydrogen (secondary N) is 1. The number of hydrogen-bond acceptors (Lipinski definition) is 5. The molecule has 0 spiro atoms. The summed E-state index contributed by atoms with van der Waals surface area (Å²) in [6, 6.07) is 14.5. The molecule has 2 aromatic rings. The quantitative estimate of drug-likeness (QED) is 0.289. The molecule has 0 atom stereocenters. The fourth-order valence-electron chi connectivity index (χ4n) is 3.45. The molecule has 2 aromatic carbocycles. The number of hydrogen-bond donors (Lipinski definition) is 2. The highest BCUT2D eigenvalue weighted by molar-refractivity contribution is 14.0. The highest BCUT2D eigenvalue weighted by atomic mass is 127. The van der Waals surface area contributed by atoms with Crippen LogP contribution in [0.5, 0.6) is 11.5 Å². The Balaban J connectivity index is 0.00000341. The lowest BCUT2D eigenvalue weighted by molar-refractivity contribution is 0.0342. The molecule has 1 aliphatic rings. The molecular formula is C23H33IN4O3. The van der Waals surface area contributed by atoms with Crippen LogP contribution in [0.25, 0.3) is 0 Å². The van der Waals surface area contributed by atoms with Gasteiger partial charge in [0, 0.05) is 26.2 Å². The van der Waals surface area contributed by atoms with Gasteiger partial charge in [-0.2, -0.15) is 0 Å². The summed E-state index contributed by atoms with van der Waals surface area (Å²) in [4.78, 5) is 6.89. The number of nitrogens with zero attached hydrogens (tertiary/aromatic N) is 2. The molecule has 3 N–H and O–H groups in total. The first-order chi connectivity index (χ1) is 14.7. The zero-order chi connectivity index (χ0) is 21.2. The van der Waals surface area contributed by atoms with Gasteiger partial charge in [-0.25, -0.2) is 4.99 Å². The standard InChI is InChI=1S/C23H32N4O3.HI/c1-28-21-7-6-18(15-22(21)29-2)8-9-25-23(24)26-16-19-4-3-5-20(14-19)17-27-10-12-30-13-11-27;/h3-7,14-15H,8-13,16-17H2,1-2H3,(H3,24,25,26);1H. The van der Waals surface area contributed by atoms with Crippen LogP contribution in [0.15, 0.2) is 47.5 Å². The van der Waals surface area contributed by atoms with Gasteiger partial charge in [-0.1, -0.05) is 30.3 Å². The molecule has 8 heteroatoms. The Hall–Kier alpha value is -2.04. The smallest absolute Gasteiger partial charge is 0.188 e. The highest BCUT2D eigenvalue weighted by Crippen LogP contribution is 2.27. The molecule has 7 nitrogen and oxygen atoms in total. The van der Waals surface area contributed by atoms with Crippen LogP contribution in [0, 0.1) is 0 Å². The zero-order valence-corrected chi connectivity index (χ0v) is 20.6.